The molecule has 18 heavy (non-hydrogen) atoms. The molecule has 1 aliphatic carbocycles. The fourth-order valence-corrected chi connectivity index (χ4v) is 2.46. The summed E-state index contributed by atoms with van der Waals surface area (Å²) in [6, 6.07) is 1.98. The number of fused-ring (bicyclic) bond motifs is 1. The molecule has 2 aromatic rings. The number of imidazole rings is 1. The van der Waals surface area contributed by atoms with E-state index in [4.69, 9.17) is 4.74 Å². The molecule has 0 radical (unpaired) electrons. The first-order valence-corrected chi connectivity index (χ1v) is 6.29. The van der Waals surface area contributed by atoms with Gasteiger partial charge < -0.3 is 14.6 Å². The normalized spacial score (nSPS) is 17.7. The van der Waals surface area contributed by atoms with Crippen LogP contribution in [-0.2, 0) is 11.8 Å². The number of nitrogens with zero attached hydrogens (tertiary/aromatic N) is 3. The van der Waals surface area contributed by atoms with Gasteiger partial charge in [-0.15, -0.1) is 0 Å². The second-order valence-electron chi connectivity index (χ2n) is 4.98. The molecule has 5 heteroatoms. The molecule has 0 bridgehead atoms. The third-order valence-electron chi connectivity index (χ3n) is 3.92. The van der Waals surface area contributed by atoms with E-state index >= 15 is 0 Å². The van der Waals surface area contributed by atoms with Crippen LogP contribution in [0.1, 0.15) is 19.3 Å². The van der Waals surface area contributed by atoms with Crippen LogP contribution >= 0.6 is 0 Å². The fourth-order valence-electron chi connectivity index (χ4n) is 2.46. The van der Waals surface area contributed by atoms with Crippen LogP contribution in [0, 0.1) is 0 Å². The quantitative estimate of drug-likeness (QED) is 0.896. The predicted octanol–water partition coefficient (Wildman–Crippen LogP) is 1.95. The zero-order valence-electron chi connectivity index (χ0n) is 10.8. The molecule has 0 saturated heterocycles. The summed E-state index contributed by atoms with van der Waals surface area (Å²) in [6.45, 7) is 0.798. The third-order valence-corrected chi connectivity index (χ3v) is 3.92. The van der Waals surface area contributed by atoms with E-state index < -0.39 is 0 Å². The molecule has 96 valence electrons. The van der Waals surface area contributed by atoms with Crippen molar-refractivity contribution in [2.75, 3.05) is 19.0 Å². The van der Waals surface area contributed by atoms with Crippen molar-refractivity contribution in [3.05, 3.63) is 18.6 Å². The highest BCUT2D eigenvalue weighted by molar-refractivity contribution is 5.85. The van der Waals surface area contributed by atoms with Gasteiger partial charge in [-0.25, -0.2) is 9.97 Å². The SMILES string of the molecule is COC1(CNc2nccc3c2ncn3C)CCC1. The van der Waals surface area contributed by atoms with Gasteiger partial charge in [0.05, 0.1) is 17.4 Å². The Labute approximate surface area is 106 Å². The van der Waals surface area contributed by atoms with Crippen LogP contribution in [-0.4, -0.2) is 33.8 Å². The minimum absolute atomic E-state index is 0.00136. The summed E-state index contributed by atoms with van der Waals surface area (Å²) in [5.41, 5.74) is 2.01. The fraction of sp³-hybridized carbons (Fsp3) is 0.538. The molecule has 1 aliphatic rings. The number of nitrogens with one attached hydrogen (secondary N) is 1. The molecule has 0 spiro atoms. The topological polar surface area (TPSA) is 52.0 Å². The van der Waals surface area contributed by atoms with Crippen LogP contribution in [0.5, 0.6) is 0 Å². The number of anilines is 1. The molecular formula is C13H18N4O. The van der Waals surface area contributed by atoms with Crippen molar-refractivity contribution < 1.29 is 4.74 Å². The van der Waals surface area contributed by atoms with Crippen molar-refractivity contribution in [2.45, 2.75) is 24.9 Å². The Balaban J connectivity index is 1.82. The van der Waals surface area contributed by atoms with Gasteiger partial charge in [0, 0.05) is 26.9 Å². The van der Waals surface area contributed by atoms with Crippen molar-refractivity contribution in [3.63, 3.8) is 0 Å². The molecule has 0 unspecified atom stereocenters. The maximum atomic E-state index is 5.60. The summed E-state index contributed by atoms with van der Waals surface area (Å²) in [7, 11) is 3.78. The number of pyridine rings is 1. The predicted molar refractivity (Wildman–Crippen MR) is 70.6 cm³/mol. The van der Waals surface area contributed by atoms with Crippen LogP contribution in [0.4, 0.5) is 5.82 Å². The van der Waals surface area contributed by atoms with E-state index in [1.165, 1.54) is 6.42 Å². The Morgan fingerprint density at radius 3 is 2.94 bits per heavy atom. The Hall–Kier alpha value is -1.62. The van der Waals surface area contributed by atoms with E-state index in [0.717, 1.165) is 36.2 Å². The molecule has 1 fully saturated rings. The van der Waals surface area contributed by atoms with Crippen LogP contribution in [0.15, 0.2) is 18.6 Å². The van der Waals surface area contributed by atoms with E-state index in [2.05, 4.69) is 15.3 Å². The first-order valence-electron chi connectivity index (χ1n) is 6.29. The molecule has 0 aromatic carbocycles. The largest absolute Gasteiger partial charge is 0.376 e. The van der Waals surface area contributed by atoms with Gasteiger partial charge in [-0.3, -0.25) is 0 Å². The lowest BCUT2D eigenvalue weighted by Crippen LogP contribution is -2.45. The van der Waals surface area contributed by atoms with Gasteiger partial charge in [0.1, 0.15) is 5.52 Å². The molecule has 0 aliphatic heterocycles. The molecule has 5 nitrogen and oxygen atoms in total. The summed E-state index contributed by atoms with van der Waals surface area (Å²) in [5, 5.41) is 3.38. The highest BCUT2D eigenvalue weighted by Crippen LogP contribution is 2.35. The monoisotopic (exact) mass is 246 g/mol. The third kappa shape index (κ3) is 1.75. The Bertz CT molecular complexity index is 554. The molecule has 1 saturated carbocycles. The first-order chi connectivity index (χ1) is 8.74. The van der Waals surface area contributed by atoms with Gasteiger partial charge >= 0.3 is 0 Å². The number of aromatic nitrogens is 3. The van der Waals surface area contributed by atoms with Gasteiger partial charge in [0.15, 0.2) is 5.82 Å². The minimum Gasteiger partial charge on any atom is -0.376 e. The maximum absolute atomic E-state index is 5.60. The summed E-state index contributed by atoms with van der Waals surface area (Å²) in [5.74, 6) is 0.844. The Kier molecular flexibility index (Phi) is 2.70. The van der Waals surface area contributed by atoms with Gasteiger partial charge in [-0.05, 0) is 25.3 Å². The summed E-state index contributed by atoms with van der Waals surface area (Å²) < 4.78 is 7.59. The van der Waals surface area contributed by atoms with Crippen molar-refractivity contribution >= 4 is 16.9 Å². The standard InChI is InChI=1S/C13H18N4O/c1-17-9-16-11-10(17)4-7-14-12(11)15-8-13(18-2)5-3-6-13/h4,7,9H,3,5-6,8H2,1-2H3,(H,14,15). The number of hydrogen-bond donors (Lipinski definition) is 1. The Morgan fingerprint density at radius 1 is 1.44 bits per heavy atom. The molecule has 2 heterocycles. The second kappa shape index (κ2) is 4.24. The molecule has 2 aromatic heterocycles. The lowest BCUT2D eigenvalue weighted by Gasteiger charge is -2.40. The zero-order valence-corrected chi connectivity index (χ0v) is 10.8. The molecule has 1 N–H and O–H groups in total. The highest BCUT2D eigenvalue weighted by atomic mass is 16.5. The van der Waals surface area contributed by atoms with E-state index in [0.29, 0.717) is 0 Å². The van der Waals surface area contributed by atoms with Gasteiger partial charge in [-0.1, -0.05) is 0 Å². The molecular weight excluding hydrogens is 228 g/mol. The number of ether oxygens (including phenoxy) is 1. The first kappa shape index (κ1) is 11.5. The van der Waals surface area contributed by atoms with Gasteiger partial charge in [0.25, 0.3) is 0 Å². The van der Waals surface area contributed by atoms with E-state index in [-0.39, 0.29) is 5.60 Å². The minimum atomic E-state index is -0.00136. The number of rotatable bonds is 4. The summed E-state index contributed by atoms with van der Waals surface area (Å²) >= 11 is 0. The van der Waals surface area contributed by atoms with Crippen molar-refractivity contribution in [1.29, 1.82) is 0 Å². The van der Waals surface area contributed by atoms with Crippen LogP contribution < -0.4 is 5.32 Å². The highest BCUT2D eigenvalue weighted by Gasteiger charge is 2.36. The average molecular weight is 246 g/mol. The molecule has 0 amide bonds. The average Bonchev–Trinajstić information content (AvgIpc) is 2.72. The zero-order chi connectivity index (χ0) is 12.6. The van der Waals surface area contributed by atoms with Crippen molar-refractivity contribution in [3.8, 4) is 0 Å². The number of aryl methyl sites for hydroxylation is 1. The molecule has 0 atom stereocenters. The lowest BCUT2D eigenvalue weighted by atomic mass is 9.80. The Morgan fingerprint density at radius 2 is 2.28 bits per heavy atom. The lowest BCUT2D eigenvalue weighted by molar-refractivity contribution is -0.0601. The smallest absolute Gasteiger partial charge is 0.154 e. The maximum Gasteiger partial charge on any atom is 0.154 e. The van der Waals surface area contributed by atoms with Crippen LogP contribution in [0.2, 0.25) is 0 Å². The number of methoxy groups -OCH3 is 1. The van der Waals surface area contributed by atoms with E-state index in [1.807, 2.05) is 30.2 Å². The van der Waals surface area contributed by atoms with Gasteiger partial charge in [-0.2, -0.15) is 0 Å². The number of hydrogen-bond acceptors (Lipinski definition) is 4. The van der Waals surface area contributed by atoms with E-state index in [1.54, 1.807) is 7.11 Å². The second-order valence-corrected chi connectivity index (χ2v) is 4.98. The van der Waals surface area contributed by atoms with Crippen molar-refractivity contribution in [2.24, 2.45) is 7.05 Å². The summed E-state index contributed by atoms with van der Waals surface area (Å²) in [4.78, 5) is 8.76. The van der Waals surface area contributed by atoms with Gasteiger partial charge in [0.2, 0.25) is 0 Å². The van der Waals surface area contributed by atoms with Crippen molar-refractivity contribution in [1.82, 2.24) is 14.5 Å². The molecule has 3 rings (SSSR count). The summed E-state index contributed by atoms with van der Waals surface area (Å²) in [6.07, 6.45) is 7.11. The van der Waals surface area contributed by atoms with E-state index in [9.17, 15) is 0 Å². The van der Waals surface area contributed by atoms with Crippen LogP contribution in [0.3, 0.4) is 0 Å². The van der Waals surface area contributed by atoms with Crippen LogP contribution in [0.25, 0.3) is 11.0 Å².